The lowest BCUT2D eigenvalue weighted by atomic mass is 10.1. The Hall–Kier alpha value is -4.14. The number of piperazine rings is 1. The summed E-state index contributed by atoms with van der Waals surface area (Å²) >= 11 is 4.63. The third-order valence-electron chi connectivity index (χ3n) is 6.24. The number of likely N-dealkylation sites (N-methyl/N-ethyl adjacent to an activating group) is 1. The summed E-state index contributed by atoms with van der Waals surface area (Å²) in [5.74, 6) is -0.581. The van der Waals surface area contributed by atoms with Crippen molar-refractivity contribution in [1.29, 1.82) is 0 Å². The number of aromatic amines is 1. The number of rotatable bonds is 7. The van der Waals surface area contributed by atoms with Crippen molar-refractivity contribution in [3.8, 4) is 5.75 Å². The van der Waals surface area contributed by atoms with Crippen LogP contribution in [0.15, 0.2) is 97.8 Å². The van der Waals surface area contributed by atoms with E-state index in [1.54, 1.807) is 47.5 Å². The molecule has 1 aliphatic rings. The molecule has 1 N–H and O–H groups in total. The number of benzene rings is 1. The average Bonchev–Trinajstić information content (AvgIpc) is 3.10. The Morgan fingerprint density at radius 2 is 1.64 bits per heavy atom. The molecule has 0 aliphatic carbocycles. The smallest absolute Gasteiger partial charge is 0.295 e. The highest BCUT2D eigenvalue weighted by atomic mass is 32.1. The third kappa shape index (κ3) is 12.6. The van der Waals surface area contributed by atoms with E-state index >= 15 is 0 Å². The Morgan fingerprint density at radius 1 is 1.02 bits per heavy atom. The molecule has 2 aromatic rings. The van der Waals surface area contributed by atoms with Crippen molar-refractivity contribution in [2.45, 2.75) is 20.8 Å². The summed E-state index contributed by atoms with van der Waals surface area (Å²) in [5.41, 5.74) is 3.72. The molecule has 224 valence electrons. The van der Waals surface area contributed by atoms with E-state index in [0.717, 1.165) is 46.7 Å². The number of Topliss-reactive ketones (excluding diaryl/α,β-unsaturated/α-hetero) is 1. The Kier molecular flexibility index (Phi) is 17.0. The molecule has 0 bridgehead atoms. The second-order valence-electron chi connectivity index (χ2n) is 9.35. The number of hydrogen-bond acceptors (Lipinski definition) is 6. The minimum atomic E-state index is -0.558. The van der Waals surface area contributed by atoms with Crippen LogP contribution in [0.4, 0.5) is 0 Å². The van der Waals surface area contributed by atoms with E-state index in [0.29, 0.717) is 18.8 Å². The molecule has 8 heteroatoms. The van der Waals surface area contributed by atoms with Gasteiger partial charge in [0.1, 0.15) is 12.0 Å². The first kappa shape index (κ1) is 35.9. The van der Waals surface area contributed by atoms with E-state index in [4.69, 9.17) is 4.74 Å². The van der Waals surface area contributed by atoms with Crippen molar-refractivity contribution in [2.75, 3.05) is 40.3 Å². The first-order valence-electron chi connectivity index (χ1n) is 13.5. The zero-order chi connectivity index (χ0) is 31.5. The maximum absolute atomic E-state index is 12.9. The number of thiol groups is 1. The van der Waals surface area contributed by atoms with Gasteiger partial charge in [0.2, 0.25) is 0 Å². The highest BCUT2D eigenvalue weighted by Crippen LogP contribution is 2.23. The fourth-order valence-electron chi connectivity index (χ4n) is 3.52. The molecule has 2 heterocycles. The number of carbonyl (C=O) groups is 3. The van der Waals surface area contributed by atoms with Crippen LogP contribution in [-0.2, 0) is 4.79 Å². The lowest BCUT2D eigenvalue weighted by Gasteiger charge is -2.31. The summed E-state index contributed by atoms with van der Waals surface area (Å²) in [6.07, 6.45) is 9.63. The summed E-state index contributed by atoms with van der Waals surface area (Å²) in [6, 6.07) is 14.3. The number of aryl methyl sites for hydroxylation is 1. The molecular weight excluding hydrogens is 546 g/mol. The van der Waals surface area contributed by atoms with Gasteiger partial charge in [-0.25, -0.2) is 0 Å². The SMILES string of the molecule is C/C=C(C)/C=C(\S)c1ccc(OC)cc(C(=O)C(=O)N2CCN(C)CC2)c[nH]c1C.C=CC=C.O=Cc1ccccc1. The minimum absolute atomic E-state index is 0.246. The van der Waals surface area contributed by atoms with E-state index in [2.05, 4.69) is 35.7 Å². The minimum Gasteiger partial charge on any atom is -0.497 e. The molecule has 1 aliphatic heterocycles. The standard InChI is InChI=1S/C23H31N3O3S.C7H6O.C4H6/c1-6-16(2)13-21(30)20-8-7-19(29-5)14-18(15-24-17(20)3)22(27)23(28)26-11-9-25(4)10-12-26;8-6-7-4-2-1-3-5-7;1-3-4-2/h6-8,13-15,24,30H,9-12H2,1-5H3;1-6H;3-4H,1-2H2/b8-7?,16-6+,18-15?,19-14?,20-17?,21-13-;;. The van der Waals surface area contributed by atoms with E-state index < -0.39 is 11.7 Å². The van der Waals surface area contributed by atoms with Gasteiger partial charge in [0.15, 0.2) is 0 Å². The normalized spacial score (nSPS) is 13.2. The fourth-order valence-corrected chi connectivity index (χ4v) is 3.96. The van der Waals surface area contributed by atoms with Crippen molar-refractivity contribution in [2.24, 2.45) is 0 Å². The zero-order valence-corrected chi connectivity index (χ0v) is 26.2. The van der Waals surface area contributed by atoms with Gasteiger partial charge in [-0.1, -0.05) is 67.3 Å². The molecule has 1 aromatic carbocycles. The topological polar surface area (TPSA) is 82.7 Å². The van der Waals surface area contributed by atoms with Gasteiger partial charge in [-0.2, -0.15) is 0 Å². The first-order valence-corrected chi connectivity index (χ1v) is 14.0. The second-order valence-corrected chi connectivity index (χ2v) is 9.84. The van der Waals surface area contributed by atoms with Gasteiger partial charge >= 0.3 is 0 Å². The lowest BCUT2D eigenvalue weighted by Crippen LogP contribution is -2.49. The van der Waals surface area contributed by atoms with Crippen molar-refractivity contribution in [1.82, 2.24) is 14.8 Å². The highest BCUT2D eigenvalue weighted by Gasteiger charge is 2.26. The summed E-state index contributed by atoms with van der Waals surface area (Å²) in [7, 11) is 3.53. The number of allylic oxidation sites excluding steroid dienone is 5. The Bertz CT molecular complexity index is 1310. The Balaban J connectivity index is 0.000000608. The van der Waals surface area contributed by atoms with Crippen LogP contribution in [0, 0.1) is 6.92 Å². The van der Waals surface area contributed by atoms with Crippen LogP contribution < -0.4 is 4.74 Å². The number of nitrogens with one attached hydrogen (secondary N) is 1. The lowest BCUT2D eigenvalue weighted by molar-refractivity contribution is -0.127. The number of methoxy groups -OCH3 is 1. The van der Waals surface area contributed by atoms with Crippen LogP contribution >= 0.6 is 12.6 Å². The van der Waals surface area contributed by atoms with Crippen molar-refractivity contribution in [3.63, 3.8) is 0 Å². The molecule has 1 fully saturated rings. The molecule has 0 spiro atoms. The molecular formula is C34H43N3O4S. The maximum Gasteiger partial charge on any atom is 0.295 e. The van der Waals surface area contributed by atoms with Gasteiger partial charge in [0.25, 0.3) is 11.7 Å². The molecule has 1 saturated heterocycles. The predicted octanol–water partition coefficient (Wildman–Crippen LogP) is 6.51. The van der Waals surface area contributed by atoms with Crippen LogP contribution in [0.1, 0.15) is 45.8 Å². The summed E-state index contributed by atoms with van der Waals surface area (Å²) in [6.45, 7) is 15.2. The number of ketones is 1. The summed E-state index contributed by atoms with van der Waals surface area (Å²) < 4.78 is 5.41. The highest BCUT2D eigenvalue weighted by molar-refractivity contribution is 7.90. The number of aldehydes is 1. The van der Waals surface area contributed by atoms with E-state index in [-0.39, 0.29) is 5.56 Å². The van der Waals surface area contributed by atoms with Crippen LogP contribution in [0.3, 0.4) is 0 Å². The molecule has 0 atom stereocenters. The number of amides is 1. The average molecular weight is 590 g/mol. The van der Waals surface area contributed by atoms with Gasteiger partial charge in [-0.15, -0.1) is 12.6 Å². The number of ether oxygens (including phenoxy) is 1. The summed E-state index contributed by atoms with van der Waals surface area (Å²) in [5, 5.41) is 0. The van der Waals surface area contributed by atoms with Crippen molar-refractivity contribution < 1.29 is 19.1 Å². The monoisotopic (exact) mass is 589 g/mol. The number of aromatic nitrogens is 1. The van der Waals surface area contributed by atoms with Crippen molar-refractivity contribution >= 4 is 35.5 Å². The molecule has 0 unspecified atom stereocenters. The predicted molar refractivity (Wildman–Crippen MR) is 177 cm³/mol. The van der Waals surface area contributed by atoms with Crippen molar-refractivity contribution in [3.05, 3.63) is 120 Å². The van der Waals surface area contributed by atoms with Gasteiger partial charge in [-0.05, 0) is 52.1 Å². The van der Waals surface area contributed by atoms with E-state index in [1.807, 2.05) is 64.2 Å². The molecule has 3 rings (SSSR count). The molecule has 7 nitrogen and oxygen atoms in total. The van der Waals surface area contributed by atoms with E-state index in [1.165, 1.54) is 7.11 Å². The van der Waals surface area contributed by atoms with Crippen LogP contribution in [0.5, 0.6) is 5.75 Å². The Morgan fingerprint density at radius 3 is 2.14 bits per heavy atom. The molecule has 42 heavy (non-hydrogen) atoms. The molecule has 1 amide bonds. The number of nitrogens with zero attached hydrogens (tertiary/aromatic N) is 2. The number of carbonyl (C=O) groups excluding carboxylic acids is 3. The van der Waals surface area contributed by atoms with Gasteiger partial charge in [0, 0.05) is 59.7 Å². The van der Waals surface area contributed by atoms with Gasteiger partial charge in [-0.3, -0.25) is 14.4 Å². The molecule has 0 saturated carbocycles. The van der Waals surface area contributed by atoms with Gasteiger partial charge in [0.05, 0.1) is 7.11 Å². The molecule has 0 radical (unpaired) electrons. The largest absolute Gasteiger partial charge is 0.497 e. The Labute approximate surface area is 256 Å². The second kappa shape index (κ2) is 19.9. The quantitative estimate of drug-likeness (QED) is 0.127. The zero-order valence-electron chi connectivity index (χ0n) is 25.3. The number of hydrogen-bond donors (Lipinski definition) is 2. The maximum atomic E-state index is 12.9. The van der Waals surface area contributed by atoms with Gasteiger partial charge < -0.3 is 19.5 Å². The van der Waals surface area contributed by atoms with E-state index in [9.17, 15) is 14.4 Å². The van der Waals surface area contributed by atoms with Crippen LogP contribution in [-0.4, -0.2) is 73.1 Å². The van der Waals surface area contributed by atoms with Crippen LogP contribution in [0.2, 0.25) is 0 Å². The molecule has 1 aromatic heterocycles. The third-order valence-corrected chi connectivity index (χ3v) is 6.61. The summed E-state index contributed by atoms with van der Waals surface area (Å²) in [4.78, 5) is 43.4. The van der Waals surface area contributed by atoms with Crippen LogP contribution in [0.25, 0.3) is 4.91 Å². The first-order chi connectivity index (χ1) is 20.1. The number of H-pyrrole nitrogens is 1. The fraction of sp³-hybridized carbons (Fsp3) is 0.265.